The van der Waals surface area contributed by atoms with Crippen LogP contribution in [-0.2, 0) is 32.7 Å². The zero-order valence-electron chi connectivity index (χ0n) is 36.6. The topological polar surface area (TPSA) is 131 Å². The molecule has 0 radical (unpaired) electrons. The summed E-state index contributed by atoms with van der Waals surface area (Å²) in [6.07, 6.45) is 41.3. The standard InChI is InChI=1S/C46H82NO9P/c1-6-8-10-12-14-16-18-20-21-23-25-27-29-31-33-37-45(49)53-41-44(42-55-57(51,52)54-40-39-47(3,4)5)56-46(50)38-34-36-43(48)35-32-30-28-26-24-22-19-17-15-13-11-9-7-2/h15,17,20-22,24,28,30,32,35,43-44,48H,6-14,16,18-19,23,25-27,29,31,33-34,36-42H2,1-5H3/b17-15-,21-20-,24-22-,30-28-,35-32+/t43-,44+/m0/s1. The maximum atomic E-state index is 12.7. The van der Waals surface area contributed by atoms with Crippen molar-refractivity contribution in [3.8, 4) is 0 Å². The van der Waals surface area contributed by atoms with Crippen LogP contribution in [0.4, 0.5) is 0 Å². The Kier molecular flexibility index (Phi) is 36.4. The quantitative estimate of drug-likeness (QED) is 0.0161. The largest absolute Gasteiger partial charge is 0.756 e. The SMILES string of the molecule is CCCCC/C=C\C/C=C\C/C=C\C=C\[C@H](O)CCCC(=O)O[C@H](COC(=O)CCCCCCC/C=C\CCCCCCCC)COP(=O)([O-])OCC[N+](C)(C)C. The third-order valence-corrected chi connectivity index (χ3v) is 10.1. The highest BCUT2D eigenvalue weighted by molar-refractivity contribution is 7.45. The fourth-order valence-corrected chi connectivity index (χ4v) is 6.30. The third-order valence-electron chi connectivity index (χ3n) is 9.11. The van der Waals surface area contributed by atoms with Crippen molar-refractivity contribution in [1.82, 2.24) is 0 Å². The van der Waals surface area contributed by atoms with Crippen molar-refractivity contribution >= 4 is 19.8 Å². The van der Waals surface area contributed by atoms with Crippen LogP contribution in [0.5, 0.6) is 0 Å². The molecule has 11 heteroatoms. The van der Waals surface area contributed by atoms with Gasteiger partial charge in [-0.3, -0.25) is 14.2 Å². The molecule has 0 aromatic carbocycles. The number of quaternary nitrogens is 1. The Hall–Kier alpha value is -2.33. The number of aliphatic hydroxyl groups is 1. The first kappa shape index (κ1) is 54.7. The van der Waals surface area contributed by atoms with Crippen LogP contribution in [0.25, 0.3) is 0 Å². The minimum atomic E-state index is -4.68. The number of aliphatic hydroxyl groups excluding tert-OH is 1. The molecule has 0 aliphatic heterocycles. The second-order valence-electron chi connectivity index (χ2n) is 15.9. The molecule has 0 fully saturated rings. The molecule has 0 bridgehead atoms. The molecule has 0 amide bonds. The van der Waals surface area contributed by atoms with E-state index in [1.807, 2.05) is 33.3 Å². The molecule has 0 aromatic heterocycles. The van der Waals surface area contributed by atoms with Gasteiger partial charge in [0, 0.05) is 12.8 Å². The fourth-order valence-electron chi connectivity index (χ4n) is 5.57. The highest BCUT2D eigenvalue weighted by Crippen LogP contribution is 2.38. The number of carbonyl (C=O) groups is 2. The summed E-state index contributed by atoms with van der Waals surface area (Å²) in [7, 11) is 1.04. The van der Waals surface area contributed by atoms with E-state index in [0.29, 0.717) is 30.3 Å². The molecule has 0 rings (SSSR count). The van der Waals surface area contributed by atoms with E-state index >= 15 is 0 Å². The Balaban J connectivity index is 4.59. The van der Waals surface area contributed by atoms with Crippen LogP contribution in [-0.4, -0.2) is 81.2 Å². The second-order valence-corrected chi connectivity index (χ2v) is 17.3. The number of esters is 2. The Morgan fingerprint density at radius 2 is 1.18 bits per heavy atom. The Bertz CT molecular complexity index is 1170. The van der Waals surface area contributed by atoms with Crippen molar-refractivity contribution in [3.63, 3.8) is 0 Å². The summed E-state index contributed by atoms with van der Waals surface area (Å²) in [5.41, 5.74) is 0. The van der Waals surface area contributed by atoms with Gasteiger partial charge in [0.1, 0.15) is 19.8 Å². The van der Waals surface area contributed by atoms with Gasteiger partial charge in [-0.2, -0.15) is 0 Å². The number of hydrogen-bond acceptors (Lipinski definition) is 9. The summed E-state index contributed by atoms with van der Waals surface area (Å²) < 4.78 is 33.7. The van der Waals surface area contributed by atoms with Crippen molar-refractivity contribution in [2.75, 3.05) is 47.5 Å². The van der Waals surface area contributed by atoms with Gasteiger partial charge >= 0.3 is 11.9 Å². The lowest BCUT2D eigenvalue weighted by Crippen LogP contribution is -2.37. The maximum Gasteiger partial charge on any atom is 0.306 e. The van der Waals surface area contributed by atoms with E-state index in [1.54, 1.807) is 12.2 Å². The van der Waals surface area contributed by atoms with Crippen LogP contribution < -0.4 is 4.89 Å². The number of ether oxygens (including phenoxy) is 2. The monoisotopic (exact) mass is 824 g/mol. The Morgan fingerprint density at radius 3 is 1.82 bits per heavy atom. The van der Waals surface area contributed by atoms with Gasteiger partial charge in [0.05, 0.1) is 33.9 Å². The molecule has 10 nitrogen and oxygen atoms in total. The summed E-state index contributed by atoms with van der Waals surface area (Å²) in [5.74, 6) is -1.05. The lowest BCUT2D eigenvalue weighted by molar-refractivity contribution is -0.870. The van der Waals surface area contributed by atoms with Crippen molar-refractivity contribution in [1.29, 1.82) is 0 Å². The number of phosphoric ester groups is 1. The molecule has 1 N–H and O–H groups in total. The Labute approximate surface area is 348 Å². The van der Waals surface area contributed by atoms with Gasteiger partial charge in [0.25, 0.3) is 7.82 Å². The average molecular weight is 824 g/mol. The fraction of sp³-hybridized carbons (Fsp3) is 0.739. The van der Waals surface area contributed by atoms with E-state index in [9.17, 15) is 24.2 Å². The van der Waals surface area contributed by atoms with Crippen molar-refractivity contribution in [2.24, 2.45) is 0 Å². The van der Waals surface area contributed by atoms with E-state index in [2.05, 4.69) is 50.3 Å². The van der Waals surface area contributed by atoms with Gasteiger partial charge in [-0.15, -0.1) is 0 Å². The molecular formula is C46H82NO9P. The number of rotatable bonds is 39. The molecule has 57 heavy (non-hydrogen) atoms. The van der Waals surface area contributed by atoms with E-state index < -0.39 is 38.6 Å². The van der Waals surface area contributed by atoms with Crippen LogP contribution >= 0.6 is 7.82 Å². The minimum absolute atomic E-state index is 0.00696. The van der Waals surface area contributed by atoms with Gasteiger partial charge in [-0.25, -0.2) is 0 Å². The second kappa shape index (κ2) is 37.9. The molecule has 0 aromatic rings. The molecule has 0 aliphatic rings. The summed E-state index contributed by atoms with van der Waals surface area (Å²) >= 11 is 0. The van der Waals surface area contributed by atoms with Crippen molar-refractivity contribution < 1.29 is 47.2 Å². The molecule has 1 unspecified atom stereocenters. The average Bonchev–Trinajstić information content (AvgIpc) is 3.15. The van der Waals surface area contributed by atoms with E-state index in [0.717, 1.165) is 51.4 Å². The summed E-state index contributed by atoms with van der Waals surface area (Å²) in [6, 6.07) is 0. The molecule has 3 atom stereocenters. The summed E-state index contributed by atoms with van der Waals surface area (Å²) in [6.45, 7) is 3.94. The maximum absolute atomic E-state index is 12.7. The number of allylic oxidation sites excluding steroid dienone is 9. The van der Waals surface area contributed by atoms with Gasteiger partial charge in [0.2, 0.25) is 0 Å². The molecule has 0 heterocycles. The van der Waals surface area contributed by atoms with E-state index in [4.69, 9.17) is 18.5 Å². The number of hydrogen-bond donors (Lipinski definition) is 1. The molecule has 0 aliphatic carbocycles. The first-order valence-corrected chi connectivity index (χ1v) is 23.6. The van der Waals surface area contributed by atoms with Crippen LogP contribution in [0, 0.1) is 0 Å². The lowest BCUT2D eigenvalue weighted by Gasteiger charge is -2.28. The summed E-state index contributed by atoms with van der Waals surface area (Å²) in [4.78, 5) is 37.5. The number of likely N-dealkylation sites (N-methyl/N-ethyl adjacent to an activating group) is 1. The Morgan fingerprint density at radius 1 is 0.649 bits per heavy atom. The van der Waals surface area contributed by atoms with Crippen LogP contribution in [0.2, 0.25) is 0 Å². The molecule has 0 saturated carbocycles. The van der Waals surface area contributed by atoms with Crippen molar-refractivity contribution in [3.05, 3.63) is 60.8 Å². The smallest absolute Gasteiger partial charge is 0.306 e. The lowest BCUT2D eigenvalue weighted by atomic mass is 10.1. The third kappa shape index (κ3) is 41.6. The van der Waals surface area contributed by atoms with Gasteiger partial charge < -0.3 is 33.0 Å². The zero-order valence-corrected chi connectivity index (χ0v) is 37.5. The van der Waals surface area contributed by atoms with Gasteiger partial charge in [0.15, 0.2) is 6.10 Å². The number of unbranched alkanes of at least 4 members (excludes halogenated alkanes) is 14. The predicted octanol–water partition coefficient (Wildman–Crippen LogP) is 10.8. The van der Waals surface area contributed by atoms with Crippen LogP contribution in [0.1, 0.15) is 162 Å². The van der Waals surface area contributed by atoms with Crippen LogP contribution in [0.15, 0.2) is 60.8 Å². The zero-order chi connectivity index (χ0) is 42.3. The molecular weight excluding hydrogens is 741 g/mol. The highest BCUT2D eigenvalue weighted by atomic mass is 31.2. The first-order valence-electron chi connectivity index (χ1n) is 22.1. The molecule has 0 saturated heterocycles. The van der Waals surface area contributed by atoms with Gasteiger partial charge in [-0.05, 0) is 70.6 Å². The van der Waals surface area contributed by atoms with Crippen molar-refractivity contribution in [2.45, 2.75) is 174 Å². The number of carbonyl (C=O) groups excluding carboxylic acids is 2. The normalized spacial score (nSPS) is 14.7. The summed E-state index contributed by atoms with van der Waals surface area (Å²) in [5, 5.41) is 10.3. The number of phosphoric acid groups is 1. The van der Waals surface area contributed by atoms with E-state index in [-0.39, 0.29) is 26.1 Å². The number of nitrogens with zero attached hydrogens (tertiary/aromatic N) is 1. The van der Waals surface area contributed by atoms with Crippen LogP contribution in [0.3, 0.4) is 0 Å². The molecule has 0 spiro atoms. The minimum Gasteiger partial charge on any atom is -0.756 e. The molecule has 330 valence electrons. The van der Waals surface area contributed by atoms with E-state index in [1.165, 1.54) is 64.2 Å². The first-order chi connectivity index (χ1) is 27.4. The van der Waals surface area contributed by atoms with Gasteiger partial charge in [-0.1, -0.05) is 139 Å². The highest BCUT2D eigenvalue weighted by Gasteiger charge is 2.22. The predicted molar refractivity (Wildman–Crippen MR) is 232 cm³/mol.